The van der Waals surface area contributed by atoms with Crippen molar-refractivity contribution in [3.05, 3.63) is 64.7 Å². The molecule has 0 aromatic heterocycles. The van der Waals surface area contributed by atoms with Crippen molar-refractivity contribution in [2.24, 2.45) is 0 Å². The molecule has 0 amide bonds. The van der Waals surface area contributed by atoms with Gasteiger partial charge in [0, 0.05) is 23.7 Å². The molecule has 1 saturated heterocycles. The topological polar surface area (TPSA) is 80.8 Å². The Hall–Kier alpha value is -2.22. The smallest absolute Gasteiger partial charge is 0.317 e. The minimum absolute atomic E-state index is 0.164. The fourth-order valence-electron chi connectivity index (χ4n) is 4.17. The molecule has 2 aliphatic rings. The first-order valence-corrected chi connectivity index (χ1v) is 12.2. The Bertz CT molecular complexity index is 1090. The van der Waals surface area contributed by atoms with Gasteiger partial charge in [0.05, 0.1) is 10.3 Å². The molecule has 164 valence electrons. The summed E-state index contributed by atoms with van der Waals surface area (Å²) in [6.07, 6.45) is 3.94. The van der Waals surface area contributed by atoms with E-state index in [4.69, 9.17) is 16.3 Å². The molecule has 1 heterocycles. The van der Waals surface area contributed by atoms with Crippen LogP contribution in [-0.2, 0) is 25.0 Å². The Kier molecular flexibility index (Phi) is 6.19. The molecule has 0 atom stereocenters. The summed E-state index contributed by atoms with van der Waals surface area (Å²) < 4.78 is 32.0. The van der Waals surface area contributed by atoms with Crippen LogP contribution < -0.4 is 0 Å². The monoisotopic (exact) mass is 461 g/mol. The van der Waals surface area contributed by atoms with Crippen molar-refractivity contribution in [3.63, 3.8) is 0 Å². The number of hydrogen-bond donors (Lipinski definition) is 0. The van der Waals surface area contributed by atoms with Gasteiger partial charge in [-0.1, -0.05) is 30.2 Å². The minimum Gasteiger partial charge on any atom is -0.457 e. The summed E-state index contributed by atoms with van der Waals surface area (Å²) in [6, 6.07) is 13.0. The van der Waals surface area contributed by atoms with Crippen LogP contribution in [0.4, 0.5) is 0 Å². The quantitative estimate of drug-likeness (QED) is 0.460. The average molecular weight is 462 g/mol. The molecule has 0 spiro atoms. The third-order valence-electron chi connectivity index (χ3n) is 6.19. The maximum absolute atomic E-state index is 12.8. The van der Waals surface area contributed by atoms with Crippen LogP contribution in [0.15, 0.2) is 53.4 Å². The first kappa shape index (κ1) is 22.0. The number of esters is 1. The number of halogens is 1. The van der Waals surface area contributed by atoms with Crippen molar-refractivity contribution in [2.45, 2.75) is 42.4 Å². The number of benzene rings is 2. The van der Waals surface area contributed by atoms with Gasteiger partial charge in [0.2, 0.25) is 10.0 Å². The first-order valence-electron chi connectivity index (χ1n) is 10.4. The SMILES string of the molecule is O=C(COC(=O)C1(c2cccc(Cl)c2)CCC1)c1ccc(S(=O)(=O)N2CCCC2)cc1. The van der Waals surface area contributed by atoms with Gasteiger partial charge in [-0.2, -0.15) is 4.31 Å². The molecule has 31 heavy (non-hydrogen) atoms. The van der Waals surface area contributed by atoms with E-state index in [2.05, 4.69) is 0 Å². The Morgan fingerprint density at radius 1 is 1.00 bits per heavy atom. The molecule has 2 fully saturated rings. The predicted molar refractivity (Wildman–Crippen MR) is 117 cm³/mol. The molecule has 4 rings (SSSR count). The van der Waals surface area contributed by atoms with E-state index in [9.17, 15) is 18.0 Å². The van der Waals surface area contributed by atoms with Crippen LogP contribution in [0.3, 0.4) is 0 Å². The lowest BCUT2D eigenvalue weighted by molar-refractivity contribution is -0.153. The van der Waals surface area contributed by atoms with Crippen LogP contribution in [0.5, 0.6) is 0 Å². The molecule has 1 aliphatic heterocycles. The van der Waals surface area contributed by atoms with Crippen LogP contribution in [0.2, 0.25) is 5.02 Å². The zero-order valence-electron chi connectivity index (χ0n) is 17.1. The van der Waals surface area contributed by atoms with Gasteiger partial charge in [0.25, 0.3) is 0 Å². The van der Waals surface area contributed by atoms with Gasteiger partial charge in [-0.25, -0.2) is 8.42 Å². The highest BCUT2D eigenvalue weighted by Gasteiger charge is 2.47. The zero-order valence-corrected chi connectivity index (χ0v) is 18.6. The van der Waals surface area contributed by atoms with E-state index in [-0.39, 0.29) is 17.3 Å². The van der Waals surface area contributed by atoms with Gasteiger partial charge in [0.1, 0.15) is 0 Å². The minimum atomic E-state index is -3.53. The van der Waals surface area contributed by atoms with Crippen molar-refractivity contribution in [3.8, 4) is 0 Å². The number of ketones is 1. The number of carbonyl (C=O) groups is 2. The fourth-order valence-corrected chi connectivity index (χ4v) is 5.88. The van der Waals surface area contributed by atoms with Crippen LogP contribution in [0.1, 0.15) is 48.0 Å². The molecule has 2 aromatic carbocycles. The summed E-state index contributed by atoms with van der Waals surface area (Å²) in [5, 5.41) is 0.552. The van der Waals surface area contributed by atoms with Crippen molar-refractivity contribution < 1.29 is 22.7 Å². The first-order chi connectivity index (χ1) is 14.8. The number of ether oxygens (including phenoxy) is 1. The zero-order chi connectivity index (χ0) is 22.1. The standard InChI is InChI=1S/C23H24ClNO5S/c24-19-6-3-5-18(15-19)23(11-4-12-23)22(27)30-16-21(26)17-7-9-20(10-8-17)31(28,29)25-13-1-2-14-25/h3,5-10,15H,1-2,4,11-14,16H2. The summed E-state index contributed by atoms with van der Waals surface area (Å²) in [7, 11) is -3.53. The largest absolute Gasteiger partial charge is 0.457 e. The number of rotatable bonds is 7. The molecule has 0 radical (unpaired) electrons. The third-order valence-corrected chi connectivity index (χ3v) is 8.34. The van der Waals surface area contributed by atoms with Crippen molar-refractivity contribution in [1.82, 2.24) is 4.31 Å². The van der Waals surface area contributed by atoms with Gasteiger partial charge in [0.15, 0.2) is 12.4 Å². The van der Waals surface area contributed by atoms with Crippen LogP contribution in [0.25, 0.3) is 0 Å². The molecule has 8 heteroatoms. The number of Topliss-reactive ketones (excluding diaryl/α,β-unsaturated/α-hetero) is 1. The molecule has 6 nitrogen and oxygen atoms in total. The highest BCUT2D eigenvalue weighted by Crippen LogP contribution is 2.45. The highest BCUT2D eigenvalue weighted by atomic mass is 35.5. The Morgan fingerprint density at radius 2 is 1.68 bits per heavy atom. The number of carbonyl (C=O) groups excluding carboxylic acids is 2. The van der Waals surface area contributed by atoms with Crippen LogP contribution >= 0.6 is 11.6 Å². The van der Waals surface area contributed by atoms with E-state index in [1.54, 1.807) is 18.2 Å². The average Bonchev–Trinajstić information content (AvgIpc) is 3.27. The maximum atomic E-state index is 12.8. The molecular formula is C23H24ClNO5S. The summed E-state index contributed by atoms with van der Waals surface area (Å²) >= 11 is 6.08. The summed E-state index contributed by atoms with van der Waals surface area (Å²) in [6.45, 7) is 0.653. The lowest BCUT2D eigenvalue weighted by Gasteiger charge is -2.39. The second-order valence-electron chi connectivity index (χ2n) is 8.08. The van der Waals surface area contributed by atoms with Gasteiger partial charge < -0.3 is 4.74 Å². The Balaban J connectivity index is 1.41. The van der Waals surface area contributed by atoms with E-state index >= 15 is 0 Å². The van der Waals surface area contributed by atoms with E-state index in [0.29, 0.717) is 36.5 Å². The molecule has 0 N–H and O–H groups in total. The Labute approximate surface area is 187 Å². The van der Waals surface area contributed by atoms with E-state index in [1.165, 1.54) is 28.6 Å². The lowest BCUT2D eigenvalue weighted by Crippen LogP contribution is -2.44. The normalized spacial score (nSPS) is 18.4. The van der Waals surface area contributed by atoms with E-state index < -0.39 is 21.4 Å². The van der Waals surface area contributed by atoms with Gasteiger partial charge in [-0.15, -0.1) is 0 Å². The predicted octanol–water partition coefficient (Wildman–Crippen LogP) is 3.97. The summed E-state index contributed by atoms with van der Waals surface area (Å²) in [5.74, 6) is -0.804. The summed E-state index contributed by atoms with van der Waals surface area (Å²) in [5.41, 5.74) is 0.359. The van der Waals surface area contributed by atoms with Crippen molar-refractivity contribution in [1.29, 1.82) is 0 Å². The van der Waals surface area contributed by atoms with Gasteiger partial charge in [-0.05, 0) is 67.6 Å². The van der Waals surface area contributed by atoms with E-state index in [1.807, 2.05) is 6.07 Å². The van der Waals surface area contributed by atoms with Crippen molar-refractivity contribution in [2.75, 3.05) is 19.7 Å². The second-order valence-corrected chi connectivity index (χ2v) is 10.5. The van der Waals surface area contributed by atoms with Crippen LogP contribution in [0, 0.1) is 0 Å². The number of hydrogen-bond acceptors (Lipinski definition) is 5. The molecule has 0 unspecified atom stereocenters. The number of nitrogens with zero attached hydrogens (tertiary/aromatic N) is 1. The van der Waals surface area contributed by atoms with Crippen LogP contribution in [-0.4, -0.2) is 44.2 Å². The highest BCUT2D eigenvalue weighted by molar-refractivity contribution is 7.89. The molecule has 1 aliphatic carbocycles. The molecule has 0 bridgehead atoms. The summed E-state index contributed by atoms with van der Waals surface area (Å²) in [4.78, 5) is 25.5. The number of sulfonamides is 1. The van der Waals surface area contributed by atoms with Crippen molar-refractivity contribution >= 4 is 33.4 Å². The maximum Gasteiger partial charge on any atom is 0.317 e. The van der Waals surface area contributed by atoms with Gasteiger partial charge >= 0.3 is 5.97 Å². The fraction of sp³-hybridized carbons (Fsp3) is 0.391. The van der Waals surface area contributed by atoms with E-state index in [0.717, 1.165) is 24.8 Å². The molecular weight excluding hydrogens is 438 g/mol. The molecule has 2 aromatic rings. The Morgan fingerprint density at radius 3 is 2.26 bits per heavy atom. The lowest BCUT2D eigenvalue weighted by atomic mass is 9.64. The van der Waals surface area contributed by atoms with Gasteiger partial charge in [-0.3, -0.25) is 9.59 Å². The second kappa shape index (κ2) is 8.73. The third kappa shape index (κ3) is 4.27. The molecule has 1 saturated carbocycles.